The van der Waals surface area contributed by atoms with Gasteiger partial charge in [0.1, 0.15) is 0 Å². The molecule has 0 spiro atoms. The standard InChI is InChI=1S/C16H23N3O4S/c1-3-18(4-2)16(21)13-5-7-14(8-6-13)19-10-12(9-15(19)20)11-24(17,22)23/h5-8,12H,3-4,9-11H2,1-2H3,(H2,17,22,23). The zero-order valence-electron chi connectivity index (χ0n) is 13.9. The third-order valence-electron chi connectivity index (χ3n) is 4.15. The highest BCUT2D eigenvalue weighted by atomic mass is 32.2. The van der Waals surface area contributed by atoms with Gasteiger partial charge in [-0.25, -0.2) is 13.6 Å². The molecule has 1 saturated heterocycles. The number of anilines is 1. The lowest BCUT2D eigenvalue weighted by Crippen LogP contribution is -2.30. The average Bonchev–Trinajstić information content (AvgIpc) is 2.87. The number of nitrogens with zero attached hydrogens (tertiary/aromatic N) is 2. The summed E-state index contributed by atoms with van der Waals surface area (Å²) in [5.41, 5.74) is 1.23. The van der Waals surface area contributed by atoms with Gasteiger partial charge in [0.15, 0.2) is 0 Å². The molecule has 132 valence electrons. The summed E-state index contributed by atoms with van der Waals surface area (Å²) < 4.78 is 22.4. The van der Waals surface area contributed by atoms with E-state index in [4.69, 9.17) is 5.14 Å². The van der Waals surface area contributed by atoms with E-state index in [0.29, 0.717) is 30.9 Å². The molecule has 2 N–H and O–H groups in total. The second-order valence-corrected chi connectivity index (χ2v) is 7.59. The van der Waals surface area contributed by atoms with Crippen molar-refractivity contribution in [2.75, 3.05) is 30.3 Å². The summed E-state index contributed by atoms with van der Waals surface area (Å²) in [5, 5.41) is 5.05. The van der Waals surface area contributed by atoms with Gasteiger partial charge in [-0.15, -0.1) is 0 Å². The number of amides is 2. The Morgan fingerprint density at radius 1 is 1.25 bits per heavy atom. The predicted octanol–water partition coefficient (Wildman–Crippen LogP) is 0.810. The fourth-order valence-corrected chi connectivity index (χ4v) is 3.83. The summed E-state index contributed by atoms with van der Waals surface area (Å²) in [6.45, 7) is 5.43. The molecule has 0 saturated carbocycles. The van der Waals surface area contributed by atoms with Gasteiger partial charge < -0.3 is 9.80 Å². The maximum atomic E-state index is 12.3. The van der Waals surface area contributed by atoms with Gasteiger partial charge in [0.2, 0.25) is 15.9 Å². The van der Waals surface area contributed by atoms with Crippen LogP contribution in [-0.2, 0) is 14.8 Å². The highest BCUT2D eigenvalue weighted by molar-refractivity contribution is 7.89. The van der Waals surface area contributed by atoms with Crippen molar-refractivity contribution in [2.24, 2.45) is 11.1 Å². The number of nitrogens with two attached hydrogens (primary N) is 1. The van der Waals surface area contributed by atoms with Crippen LogP contribution in [0, 0.1) is 5.92 Å². The highest BCUT2D eigenvalue weighted by Gasteiger charge is 2.32. The molecule has 24 heavy (non-hydrogen) atoms. The summed E-state index contributed by atoms with van der Waals surface area (Å²) in [5.74, 6) is -0.685. The van der Waals surface area contributed by atoms with E-state index in [0.717, 1.165) is 0 Å². The molecular weight excluding hydrogens is 330 g/mol. The first-order valence-corrected chi connectivity index (χ1v) is 9.66. The SMILES string of the molecule is CCN(CC)C(=O)c1ccc(N2CC(CS(N)(=O)=O)CC2=O)cc1. The Balaban J connectivity index is 2.11. The second-order valence-electron chi connectivity index (χ2n) is 5.93. The molecule has 1 heterocycles. The molecule has 0 bridgehead atoms. The van der Waals surface area contributed by atoms with Gasteiger partial charge >= 0.3 is 0 Å². The molecule has 7 nitrogen and oxygen atoms in total. The number of carbonyl (C=O) groups is 2. The minimum Gasteiger partial charge on any atom is -0.339 e. The predicted molar refractivity (Wildman–Crippen MR) is 92.1 cm³/mol. The van der Waals surface area contributed by atoms with Crippen LogP contribution < -0.4 is 10.0 Å². The molecular formula is C16H23N3O4S. The molecule has 1 aromatic rings. The molecule has 1 atom stereocenters. The van der Waals surface area contributed by atoms with Crippen LogP contribution in [0.5, 0.6) is 0 Å². The van der Waals surface area contributed by atoms with Crippen molar-refractivity contribution >= 4 is 27.5 Å². The Kier molecular flexibility index (Phi) is 5.61. The largest absolute Gasteiger partial charge is 0.339 e. The molecule has 0 radical (unpaired) electrons. The Labute approximate surface area is 142 Å². The minimum atomic E-state index is -3.60. The van der Waals surface area contributed by atoms with Crippen molar-refractivity contribution in [1.82, 2.24) is 4.90 Å². The number of rotatable bonds is 6. The van der Waals surface area contributed by atoms with Crippen molar-refractivity contribution in [3.8, 4) is 0 Å². The van der Waals surface area contributed by atoms with E-state index in [2.05, 4.69) is 0 Å². The van der Waals surface area contributed by atoms with E-state index < -0.39 is 10.0 Å². The van der Waals surface area contributed by atoms with Crippen LogP contribution in [0.25, 0.3) is 0 Å². The van der Waals surface area contributed by atoms with Crippen LogP contribution in [0.1, 0.15) is 30.6 Å². The molecule has 2 amide bonds. The third-order valence-corrected chi connectivity index (χ3v) is 5.09. The zero-order chi connectivity index (χ0) is 17.9. The topological polar surface area (TPSA) is 101 Å². The summed E-state index contributed by atoms with van der Waals surface area (Å²) >= 11 is 0. The summed E-state index contributed by atoms with van der Waals surface area (Å²) in [7, 11) is -3.60. The average molecular weight is 353 g/mol. The lowest BCUT2D eigenvalue weighted by molar-refractivity contribution is -0.117. The highest BCUT2D eigenvalue weighted by Crippen LogP contribution is 2.26. The van der Waals surface area contributed by atoms with Crippen LogP contribution in [-0.4, -0.2) is 50.5 Å². The zero-order valence-corrected chi connectivity index (χ0v) is 14.8. The van der Waals surface area contributed by atoms with Crippen LogP contribution in [0.2, 0.25) is 0 Å². The first-order chi connectivity index (χ1) is 11.2. The van der Waals surface area contributed by atoms with Crippen LogP contribution in [0.15, 0.2) is 24.3 Å². The smallest absolute Gasteiger partial charge is 0.253 e. The third kappa shape index (κ3) is 4.33. The normalized spacial score (nSPS) is 18.0. The monoisotopic (exact) mass is 353 g/mol. The van der Waals surface area contributed by atoms with Crippen LogP contribution >= 0.6 is 0 Å². The van der Waals surface area contributed by atoms with Crippen molar-refractivity contribution in [3.05, 3.63) is 29.8 Å². The molecule has 8 heteroatoms. The molecule has 1 unspecified atom stereocenters. The first kappa shape index (κ1) is 18.4. The van der Waals surface area contributed by atoms with Gasteiger partial charge in [0.05, 0.1) is 5.75 Å². The van der Waals surface area contributed by atoms with Gasteiger partial charge in [-0.2, -0.15) is 0 Å². The number of carbonyl (C=O) groups excluding carboxylic acids is 2. The van der Waals surface area contributed by atoms with Crippen molar-refractivity contribution in [3.63, 3.8) is 0 Å². The number of primary sulfonamides is 1. The molecule has 1 aliphatic heterocycles. The van der Waals surface area contributed by atoms with Crippen LogP contribution in [0.3, 0.4) is 0 Å². The van der Waals surface area contributed by atoms with Crippen molar-refractivity contribution < 1.29 is 18.0 Å². The quantitative estimate of drug-likeness (QED) is 0.818. The summed E-state index contributed by atoms with van der Waals surface area (Å²) in [6, 6.07) is 6.81. The van der Waals surface area contributed by atoms with Crippen LogP contribution in [0.4, 0.5) is 5.69 Å². The Morgan fingerprint density at radius 3 is 2.33 bits per heavy atom. The summed E-state index contributed by atoms with van der Waals surface area (Å²) in [4.78, 5) is 27.6. The molecule has 0 aromatic heterocycles. The summed E-state index contributed by atoms with van der Waals surface area (Å²) in [6.07, 6.45) is 0.163. The van der Waals surface area contributed by atoms with Crippen molar-refractivity contribution in [2.45, 2.75) is 20.3 Å². The number of sulfonamides is 1. The number of hydrogen-bond donors (Lipinski definition) is 1. The molecule has 1 fully saturated rings. The van der Waals surface area contributed by atoms with Gasteiger partial charge in [-0.3, -0.25) is 9.59 Å². The molecule has 1 aromatic carbocycles. The lowest BCUT2D eigenvalue weighted by atomic mass is 10.1. The molecule has 1 aliphatic rings. The van der Waals surface area contributed by atoms with E-state index in [1.165, 1.54) is 0 Å². The van der Waals surface area contributed by atoms with Gasteiger partial charge in [-0.05, 0) is 38.1 Å². The van der Waals surface area contributed by atoms with E-state index in [-0.39, 0.29) is 29.9 Å². The van der Waals surface area contributed by atoms with E-state index in [1.807, 2.05) is 13.8 Å². The maximum absolute atomic E-state index is 12.3. The minimum absolute atomic E-state index is 0.0496. The second kappa shape index (κ2) is 7.31. The van der Waals surface area contributed by atoms with E-state index in [9.17, 15) is 18.0 Å². The Hall–Kier alpha value is -1.93. The number of hydrogen-bond acceptors (Lipinski definition) is 4. The molecule has 2 rings (SSSR count). The van der Waals surface area contributed by atoms with Gasteiger partial charge in [0, 0.05) is 43.2 Å². The fraction of sp³-hybridized carbons (Fsp3) is 0.500. The Bertz CT molecular complexity index is 711. The molecule has 0 aliphatic carbocycles. The Morgan fingerprint density at radius 2 is 1.83 bits per heavy atom. The number of benzene rings is 1. The van der Waals surface area contributed by atoms with Gasteiger partial charge in [0.25, 0.3) is 5.91 Å². The van der Waals surface area contributed by atoms with E-state index >= 15 is 0 Å². The first-order valence-electron chi connectivity index (χ1n) is 7.95. The van der Waals surface area contributed by atoms with Gasteiger partial charge in [-0.1, -0.05) is 0 Å². The van der Waals surface area contributed by atoms with E-state index in [1.54, 1.807) is 34.1 Å². The van der Waals surface area contributed by atoms with Crippen molar-refractivity contribution in [1.29, 1.82) is 0 Å². The lowest BCUT2D eigenvalue weighted by Gasteiger charge is -2.20. The maximum Gasteiger partial charge on any atom is 0.253 e. The fourth-order valence-electron chi connectivity index (χ4n) is 2.95.